The molecule has 0 aromatic carbocycles. The monoisotopic (exact) mass is 624 g/mol. The van der Waals surface area contributed by atoms with Crippen LogP contribution in [-0.2, 0) is 14.4 Å². The van der Waals surface area contributed by atoms with E-state index in [1.165, 1.54) is 103 Å². The number of hydrogen-bond donors (Lipinski definition) is 2. The zero-order valence-corrected chi connectivity index (χ0v) is 29.0. The van der Waals surface area contributed by atoms with Crippen LogP contribution in [0.15, 0.2) is 12.3 Å². The number of nitrogens with zero attached hydrogens (tertiary/aromatic N) is 1. The molecule has 0 aromatic heterocycles. The molecule has 0 fully saturated rings. The Balaban J connectivity index is 4.63. The van der Waals surface area contributed by atoms with Crippen molar-refractivity contribution in [1.82, 2.24) is 0 Å². The average Bonchev–Trinajstić information content (AvgIpc) is 2.99. The normalized spacial score (nSPS) is 15.2. The summed E-state index contributed by atoms with van der Waals surface area (Å²) in [7, 11) is 0. The predicted octanol–water partition coefficient (Wildman–Crippen LogP) is 8.75. The second-order valence-corrected chi connectivity index (χ2v) is 13.3. The Morgan fingerprint density at radius 3 is 1.16 bits per heavy atom. The first-order chi connectivity index (χ1) is 21.2. The molecule has 2 N–H and O–H groups in total. The van der Waals surface area contributed by atoms with E-state index >= 15 is 0 Å². The second kappa shape index (κ2) is 27.4. The van der Waals surface area contributed by atoms with Crippen LogP contribution in [0.3, 0.4) is 0 Å². The van der Waals surface area contributed by atoms with E-state index in [2.05, 4.69) is 6.92 Å². The number of quaternary nitrogens is 1. The lowest BCUT2D eigenvalue weighted by atomic mass is 9.96. The van der Waals surface area contributed by atoms with Crippen molar-refractivity contribution in [3.63, 3.8) is 0 Å². The zero-order chi connectivity index (χ0) is 33.1. The molecule has 7 nitrogen and oxygen atoms in total. The first kappa shape index (κ1) is 42.1. The molecule has 0 bridgehead atoms. The Morgan fingerprint density at radius 2 is 0.864 bits per heavy atom. The highest BCUT2D eigenvalue weighted by molar-refractivity contribution is 5.71. The molecule has 3 unspecified atom stereocenters. The maximum absolute atomic E-state index is 12.0. The molecular weight excluding hydrogens is 554 g/mol. The molecule has 258 valence electrons. The molecule has 0 amide bonds. The van der Waals surface area contributed by atoms with Crippen molar-refractivity contribution in [1.29, 1.82) is 0 Å². The summed E-state index contributed by atoms with van der Waals surface area (Å²) in [6.07, 6.45) is 29.7. The number of carboxylic acid groups (broad SMARTS) is 3. The highest BCUT2D eigenvalue weighted by atomic mass is 16.4. The van der Waals surface area contributed by atoms with E-state index in [1.54, 1.807) is 20.8 Å². The zero-order valence-electron chi connectivity index (χ0n) is 29.0. The maximum atomic E-state index is 12.0. The Bertz CT molecular complexity index is 707. The molecule has 0 aliphatic rings. The van der Waals surface area contributed by atoms with Gasteiger partial charge in [0.15, 0.2) is 0 Å². The van der Waals surface area contributed by atoms with Gasteiger partial charge in [0.25, 0.3) is 0 Å². The second-order valence-electron chi connectivity index (χ2n) is 13.3. The fourth-order valence-electron chi connectivity index (χ4n) is 6.32. The Kier molecular flexibility index (Phi) is 26.2. The largest absolute Gasteiger partial charge is 0.550 e. The van der Waals surface area contributed by atoms with Gasteiger partial charge in [0.05, 0.1) is 31.8 Å². The van der Waals surface area contributed by atoms with Gasteiger partial charge in [-0.1, -0.05) is 137 Å². The van der Waals surface area contributed by atoms with E-state index in [1.807, 2.05) is 12.3 Å². The Hall–Kier alpha value is -1.89. The summed E-state index contributed by atoms with van der Waals surface area (Å²) >= 11 is 0. The van der Waals surface area contributed by atoms with Gasteiger partial charge >= 0.3 is 11.9 Å². The standard InChI is InChI=1S/C37H69NO6/c1-5-9-10-11-12-13-14-15-16-17-18-19-20-21-22-23-24-25-26-27-28-38(29-32(6-2)35(39)40,30-33(7-3)36(41)42)31-34(8-4)37(43)44/h27-28,32-34H,5-26,29-31H2,1-4H3,(H2-,39,40,41,42,43,44)/b28-27+. The van der Waals surface area contributed by atoms with Gasteiger partial charge in [0, 0.05) is 5.92 Å². The van der Waals surface area contributed by atoms with Crippen LogP contribution < -0.4 is 5.11 Å². The van der Waals surface area contributed by atoms with E-state index in [9.17, 15) is 29.7 Å². The van der Waals surface area contributed by atoms with Gasteiger partial charge in [-0.3, -0.25) is 14.1 Å². The summed E-state index contributed by atoms with van der Waals surface area (Å²) in [5, 5.41) is 31.5. The number of unbranched alkanes of at least 4 members (excludes halogenated alkanes) is 18. The molecule has 0 aliphatic heterocycles. The lowest BCUT2D eigenvalue weighted by molar-refractivity contribution is -0.887. The van der Waals surface area contributed by atoms with Gasteiger partial charge in [-0.05, 0) is 38.2 Å². The molecule has 3 atom stereocenters. The van der Waals surface area contributed by atoms with Crippen molar-refractivity contribution < 1.29 is 34.2 Å². The third-order valence-electron chi connectivity index (χ3n) is 9.41. The van der Waals surface area contributed by atoms with E-state index < -0.39 is 35.7 Å². The highest BCUT2D eigenvalue weighted by Gasteiger charge is 2.38. The van der Waals surface area contributed by atoms with Gasteiger partial charge in [-0.15, -0.1) is 0 Å². The highest BCUT2D eigenvalue weighted by Crippen LogP contribution is 2.25. The molecule has 0 saturated carbocycles. The van der Waals surface area contributed by atoms with Crippen LogP contribution in [0.5, 0.6) is 0 Å². The van der Waals surface area contributed by atoms with Crippen LogP contribution in [0.4, 0.5) is 0 Å². The van der Waals surface area contributed by atoms with Crippen LogP contribution >= 0.6 is 0 Å². The molecule has 0 rings (SSSR count). The molecule has 0 radical (unpaired) electrons. The van der Waals surface area contributed by atoms with Crippen molar-refractivity contribution in [2.45, 2.75) is 169 Å². The third kappa shape index (κ3) is 21.0. The molecule has 0 aliphatic carbocycles. The molecule has 0 spiro atoms. The molecule has 0 saturated heterocycles. The van der Waals surface area contributed by atoms with Crippen molar-refractivity contribution in [2.75, 3.05) is 19.6 Å². The quantitative estimate of drug-likeness (QED) is 0.0572. The minimum absolute atomic E-state index is 0.0428. The number of aliphatic carboxylic acids is 3. The molecular formula is C37H69NO6. The first-order valence-corrected chi connectivity index (χ1v) is 18.4. The van der Waals surface area contributed by atoms with E-state index in [4.69, 9.17) is 0 Å². The lowest BCUT2D eigenvalue weighted by Crippen LogP contribution is -2.55. The number of rotatable bonds is 32. The summed E-state index contributed by atoms with van der Waals surface area (Å²) in [4.78, 5) is 35.8. The predicted molar refractivity (Wildman–Crippen MR) is 179 cm³/mol. The SMILES string of the molecule is CCCCCCCCCCCCCCCCCCCC/C=C/[N+](CC(CC)C(=O)[O-])(CC(CC)C(=O)O)CC(CC)C(=O)O. The number of carbonyl (C=O) groups excluding carboxylic acids is 1. The van der Waals surface area contributed by atoms with E-state index in [0.29, 0.717) is 19.3 Å². The van der Waals surface area contributed by atoms with Gasteiger partial charge < -0.3 is 20.1 Å². The van der Waals surface area contributed by atoms with Crippen LogP contribution in [0, 0.1) is 17.8 Å². The van der Waals surface area contributed by atoms with Crippen LogP contribution in [0.2, 0.25) is 0 Å². The lowest BCUT2D eigenvalue weighted by Gasteiger charge is -2.41. The van der Waals surface area contributed by atoms with Crippen molar-refractivity contribution in [3.8, 4) is 0 Å². The molecule has 0 heterocycles. The summed E-state index contributed by atoms with van der Waals surface area (Å²) in [5.41, 5.74) is 0. The summed E-state index contributed by atoms with van der Waals surface area (Å²) < 4.78 is 0.0428. The molecule has 7 heteroatoms. The average molecular weight is 624 g/mol. The van der Waals surface area contributed by atoms with Crippen LogP contribution in [0.1, 0.15) is 169 Å². The number of allylic oxidation sites excluding steroid dienone is 1. The van der Waals surface area contributed by atoms with Crippen molar-refractivity contribution in [3.05, 3.63) is 12.3 Å². The third-order valence-corrected chi connectivity index (χ3v) is 9.41. The van der Waals surface area contributed by atoms with E-state index in [0.717, 1.165) is 19.3 Å². The number of carbonyl (C=O) groups is 3. The van der Waals surface area contributed by atoms with Gasteiger partial charge in [0.1, 0.15) is 11.8 Å². The first-order valence-electron chi connectivity index (χ1n) is 18.4. The Labute approximate surface area is 270 Å². The number of carboxylic acids is 3. The fourth-order valence-corrected chi connectivity index (χ4v) is 6.32. The van der Waals surface area contributed by atoms with E-state index in [-0.39, 0.29) is 24.1 Å². The maximum Gasteiger partial charge on any atom is 0.312 e. The number of hydrogen-bond acceptors (Lipinski definition) is 4. The smallest absolute Gasteiger partial charge is 0.312 e. The van der Waals surface area contributed by atoms with Gasteiger partial charge in [0.2, 0.25) is 0 Å². The van der Waals surface area contributed by atoms with Gasteiger partial charge in [-0.2, -0.15) is 0 Å². The van der Waals surface area contributed by atoms with Crippen molar-refractivity contribution >= 4 is 17.9 Å². The van der Waals surface area contributed by atoms with Gasteiger partial charge in [-0.25, -0.2) is 0 Å². The van der Waals surface area contributed by atoms with Crippen LogP contribution in [0.25, 0.3) is 0 Å². The minimum atomic E-state index is -1.17. The molecule has 44 heavy (non-hydrogen) atoms. The summed E-state index contributed by atoms with van der Waals surface area (Å²) in [5.74, 6) is -5.18. The summed E-state index contributed by atoms with van der Waals surface area (Å²) in [6, 6.07) is 0. The van der Waals surface area contributed by atoms with Crippen LogP contribution in [-0.4, -0.2) is 52.2 Å². The minimum Gasteiger partial charge on any atom is -0.550 e. The fraction of sp³-hybridized carbons (Fsp3) is 0.865. The molecule has 0 aromatic rings. The summed E-state index contributed by atoms with van der Waals surface area (Å²) in [6.45, 7) is 8.15. The van der Waals surface area contributed by atoms with Crippen molar-refractivity contribution in [2.24, 2.45) is 17.8 Å². The topological polar surface area (TPSA) is 115 Å². The Morgan fingerprint density at radius 1 is 0.545 bits per heavy atom.